The van der Waals surface area contributed by atoms with Gasteiger partial charge < -0.3 is 4.74 Å². The lowest BCUT2D eigenvalue weighted by molar-refractivity contribution is -0.151. The van der Waals surface area contributed by atoms with Crippen molar-refractivity contribution < 1.29 is 14.3 Å². The molecule has 1 aliphatic rings. The van der Waals surface area contributed by atoms with Gasteiger partial charge in [-0.05, 0) is 32.1 Å². The largest absolute Gasteiger partial charge is 0.466 e. The summed E-state index contributed by atoms with van der Waals surface area (Å²) in [6.45, 7) is 4.27. The molecule has 1 fully saturated rings. The molecule has 2 rings (SSSR count). The van der Waals surface area contributed by atoms with Gasteiger partial charge in [-0.25, -0.2) is 4.98 Å². The van der Waals surface area contributed by atoms with E-state index in [1.807, 2.05) is 19.2 Å². The number of Topliss-reactive ketones (excluding diaryl/α,β-unsaturated/α-hetero) is 1. The second-order valence-electron chi connectivity index (χ2n) is 5.05. The van der Waals surface area contributed by atoms with Gasteiger partial charge in [0.25, 0.3) is 0 Å². The van der Waals surface area contributed by atoms with E-state index in [0.717, 1.165) is 19.3 Å². The van der Waals surface area contributed by atoms with Crippen LogP contribution in [-0.2, 0) is 9.53 Å². The van der Waals surface area contributed by atoms with Crippen molar-refractivity contribution in [2.45, 2.75) is 33.1 Å². The van der Waals surface area contributed by atoms with E-state index in [1.54, 1.807) is 6.20 Å². The van der Waals surface area contributed by atoms with Crippen molar-refractivity contribution in [3.8, 4) is 0 Å². The summed E-state index contributed by atoms with van der Waals surface area (Å²) in [6, 6.07) is 0. The van der Waals surface area contributed by atoms with Gasteiger partial charge in [0, 0.05) is 17.5 Å². The highest BCUT2D eigenvalue weighted by molar-refractivity contribution is 7.11. The Morgan fingerprint density at radius 3 is 2.84 bits per heavy atom. The molecule has 1 aromatic heterocycles. The Balaban J connectivity index is 1.96. The van der Waals surface area contributed by atoms with Gasteiger partial charge in [-0.1, -0.05) is 6.92 Å². The van der Waals surface area contributed by atoms with Crippen molar-refractivity contribution >= 4 is 23.1 Å². The molecule has 0 saturated heterocycles. The Labute approximate surface area is 117 Å². The number of ketones is 1. The summed E-state index contributed by atoms with van der Waals surface area (Å²) in [5.74, 6) is 0.160. The lowest BCUT2D eigenvalue weighted by Crippen LogP contribution is -2.33. The van der Waals surface area contributed by atoms with E-state index in [0.29, 0.717) is 11.6 Å². The molecule has 1 aliphatic carbocycles. The molecular weight excluding hydrogens is 262 g/mol. The molecule has 5 heteroatoms. The SMILES string of the molecule is CCOC(=O)C1CCC(C(=O)c2nccs2)CC1C. The molecule has 1 saturated carbocycles. The fourth-order valence-electron chi connectivity index (χ4n) is 2.75. The van der Waals surface area contributed by atoms with Gasteiger partial charge in [0.2, 0.25) is 0 Å². The normalized spacial score (nSPS) is 26.9. The molecule has 0 aromatic carbocycles. The first kappa shape index (κ1) is 14.2. The van der Waals surface area contributed by atoms with Crippen molar-refractivity contribution in [1.82, 2.24) is 4.98 Å². The lowest BCUT2D eigenvalue weighted by atomic mass is 9.73. The van der Waals surface area contributed by atoms with Crippen LogP contribution in [0.25, 0.3) is 0 Å². The molecule has 3 atom stereocenters. The number of carbonyl (C=O) groups excluding carboxylic acids is 2. The summed E-state index contributed by atoms with van der Waals surface area (Å²) in [6.07, 6.45) is 3.90. The Bertz CT molecular complexity index is 444. The highest BCUT2D eigenvalue weighted by atomic mass is 32.1. The van der Waals surface area contributed by atoms with Gasteiger partial charge in [0.1, 0.15) is 0 Å². The van der Waals surface area contributed by atoms with Gasteiger partial charge in [0.15, 0.2) is 10.8 Å². The fourth-order valence-corrected chi connectivity index (χ4v) is 3.41. The van der Waals surface area contributed by atoms with Crippen LogP contribution in [0, 0.1) is 17.8 Å². The number of nitrogens with zero attached hydrogens (tertiary/aromatic N) is 1. The fraction of sp³-hybridized carbons (Fsp3) is 0.643. The average molecular weight is 281 g/mol. The zero-order valence-corrected chi connectivity index (χ0v) is 12.1. The maximum atomic E-state index is 12.2. The van der Waals surface area contributed by atoms with Crippen molar-refractivity contribution in [3.05, 3.63) is 16.6 Å². The third-order valence-electron chi connectivity index (χ3n) is 3.77. The molecule has 19 heavy (non-hydrogen) atoms. The van der Waals surface area contributed by atoms with Crippen LogP contribution in [0.2, 0.25) is 0 Å². The second kappa shape index (κ2) is 6.28. The van der Waals surface area contributed by atoms with Crippen molar-refractivity contribution in [2.75, 3.05) is 6.61 Å². The topological polar surface area (TPSA) is 56.3 Å². The van der Waals surface area contributed by atoms with Crippen LogP contribution >= 0.6 is 11.3 Å². The maximum absolute atomic E-state index is 12.2. The van der Waals surface area contributed by atoms with E-state index in [4.69, 9.17) is 4.74 Å². The quantitative estimate of drug-likeness (QED) is 0.629. The Morgan fingerprint density at radius 2 is 2.26 bits per heavy atom. The molecular formula is C14H19NO3S. The van der Waals surface area contributed by atoms with Gasteiger partial charge in [-0.3, -0.25) is 9.59 Å². The maximum Gasteiger partial charge on any atom is 0.309 e. The Kier molecular flexibility index (Phi) is 4.69. The van der Waals surface area contributed by atoms with Crippen LogP contribution < -0.4 is 0 Å². The van der Waals surface area contributed by atoms with Crippen LogP contribution in [0.3, 0.4) is 0 Å². The van der Waals surface area contributed by atoms with E-state index in [2.05, 4.69) is 4.98 Å². The first-order valence-corrected chi connectivity index (χ1v) is 7.61. The predicted octanol–water partition coefficient (Wildman–Crippen LogP) is 2.94. The van der Waals surface area contributed by atoms with Crippen LogP contribution in [0.5, 0.6) is 0 Å². The zero-order chi connectivity index (χ0) is 13.8. The lowest BCUT2D eigenvalue weighted by Gasteiger charge is -2.31. The number of hydrogen-bond acceptors (Lipinski definition) is 5. The molecule has 1 heterocycles. The van der Waals surface area contributed by atoms with E-state index in [9.17, 15) is 9.59 Å². The summed E-state index contributed by atoms with van der Waals surface area (Å²) < 4.78 is 5.09. The molecule has 0 aliphatic heterocycles. The third-order valence-corrected chi connectivity index (χ3v) is 4.56. The van der Waals surface area contributed by atoms with Gasteiger partial charge in [0.05, 0.1) is 12.5 Å². The predicted molar refractivity (Wildman–Crippen MR) is 73.1 cm³/mol. The first-order valence-electron chi connectivity index (χ1n) is 6.73. The summed E-state index contributed by atoms with van der Waals surface area (Å²) in [5.41, 5.74) is 0. The highest BCUT2D eigenvalue weighted by Gasteiger charge is 2.36. The zero-order valence-electron chi connectivity index (χ0n) is 11.3. The van der Waals surface area contributed by atoms with Crippen molar-refractivity contribution in [2.24, 2.45) is 17.8 Å². The number of carbonyl (C=O) groups is 2. The van der Waals surface area contributed by atoms with Crippen molar-refractivity contribution in [3.63, 3.8) is 0 Å². The Hall–Kier alpha value is -1.23. The van der Waals surface area contributed by atoms with E-state index in [-0.39, 0.29) is 29.5 Å². The minimum Gasteiger partial charge on any atom is -0.466 e. The van der Waals surface area contributed by atoms with Gasteiger partial charge in [-0.2, -0.15) is 0 Å². The molecule has 1 aromatic rings. The van der Waals surface area contributed by atoms with Gasteiger partial charge in [-0.15, -0.1) is 11.3 Å². The van der Waals surface area contributed by atoms with Crippen molar-refractivity contribution in [1.29, 1.82) is 0 Å². The van der Waals surface area contributed by atoms with E-state index in [1.165, 1.54) is 11.3 Å². The monoisotopic (exact) mass is 281 g/mol. The summed E-state index contributed by atoms with van der Waals surface area (Å²) in [4.78, 5) is 28.1. The highest BCUT2D eigenvalue weighted by Crippen LogP contribution is 2.36. The average Bonchev–Trinajstić information content (AvgIpc) is 2.91. The number of ether oxygens (including phenoxy) is 1. The molecule has 0 bridgehead atoms. The summed E-state index contributed by atoms with van der Waals surface area (Å²) in [5, 5.41) is 2.41. The summed E-state index contributed by atoms with van der Waals surface area (Å²) in [7, 11) is 0. The van der Waals surface area contributed by atoms with Crippen LogP contribution in [-0.4, -0.2) is 23.3 Å². The molecule has 3 unspecified atom stereocenters. The number of hydrogen-bond donors (Lipinski definition) is 0. The van der Waals surface area contributed by atoms with Crippen LogP contribution in [0.15, 0.2) is 11.6 Å². The van der Waals surface area contributed by atoms with E-state index >= 15 is 0 Å². The molecule has 0 spiro atoms. The third kappa shape index (κ3) is 3.21. The molecule has 0 radical (unpaired) electrons. The standard InChI is InChI=1S/C14H19NO3S/c1-3-18-14(17)11-5-4-10(8-9(11)2)12(16)13-15-6-7-19-13/h6-7,9-11H,3-5,8H2,1-2H3. The number of esters is 1. The number of aromatic nitrogens is 1. The number of thiazole rings is 1. The van der Waals surface area contributed by atoms with Crippen LogP contribution in [0.1, 0.15) is 42.9 Å². The molecule has 0 amide bonds. The second-order valence-corrected chi connectivity index (χ2v) is 5.94. The Morgan fingerprint density at radius 1 is 1.47 bits per heavy atom. The van der Waals surface area contributed by atoms with Crippen LogP contribution in [0.4, 0.5) is 0 Å². The smallest absolute Gasteiger partial charge is 0.309 e. The molecule has 104 valence electrons. The minimum atomic E-state index is -0.116. The first-order chi connectivity index (χ1) is 9.13. The van der Waals surface area contributed by atoms with Gasteiger partial charge >= 0.3 is 5.97 Å². The number of rotatable bonds is 4. The summed E-state index contributed by atoms with van der Waals surface area (Å²) >= 11 is 1.39. The minimum absolute atomic E-state index is 0.00632. The molecule has 0 N–H and O–H groups in total. The molecule has 4 nitrogen and oxygen atoms in total. The van der Waals surface area contributed by atoms with E-state index < -0.39 is 0 Å².